The van der Waals surface area contributed by atoms with E-state index < -0.39 is 0 Å². The molecule has 2 heterocycles. The standard InChI is InChI=1S/C9H14O2/c1-8-3-4-9(2,11-8)7(5-8)6-10/h3-4,7,10H,5-6H2,1-2H3/t7-,8-,9+/m0/s1. The molecular formula is C9H14O2. The maximum Gasteiger partial charge on any atom is 0.0898 e. The molecule has 0 aromatic rings. The summed E-state index contributed by atoms with van der Waals surface area (Å²) in [6, 6.07) is 0. The van der Waals surface area contributed by atoms with Gasteiger partial charge in [-0.25, -0.2) is 0 Å². The average molecular weight is 154 g/mol. The van der Waals surface area contributed by atoms with E-state index in [0.717, 1.165) is 6.42 Å². The molecule has 2 heteroatoms. The van der Waals surface area contributed by atoms with Crippen molar-refractivity contribution in [3.8, 4) is 0 Å². The minimum Gasteiger partial charge on any atom is -0.396 e. The normalized spacial score (nSPS) is 53.9. The third-order valence-electron chi connectivity index (χ3n) is 2.90. The zero-order chi connectivity index (χ0) is 8.11. The second-order valence-corrected chi connectivity index (χ2v) is 4.02. The van der Waals surface area contributed by atoms with E-state index in [9.17, 15) is 0 Å². The molecule has 2 aliphatic heterocycles. The summed E-state index contributed by atoms with van der Waals surface area (Å²) in [5.41, 5.74) is -0.286. The van der Waals surface area contributed by atoms with Gasteiger partial charge in [0.1, 0.15) is 0 Å². The van der Waals surface area contributed by atoms with Crippen molar-refractivity contribution in [2.75, 3.05) is 6.61 Å². The summed E-state index contributed by atoms with van der Waals surface area (Å²) in [6.45, 7) is 4.35. The number of aliphatic hydroxyl groups excluding tert-OH is 1. The molecule has 0 saturated carbocycles. The largest absolute Gasteiger partial charge is 0.396 e. The first kappa shape index (κ1) is 7.32. The van der Waals surface area contributed by atoms with Gasteiger partial charge in [0.05, 0.1) is 11.2 Å². The van der Waals surface area contributed by atoms with Crippen LogP contribution in [0, 0.1) is 5.92 Å². The summed E-state index contributed by atoms with van der Waals surface area (Å²) in [6.07, 6.45) is 5.15. The van der Waals surface area contributed by atoms with Crippen molar-refractivity contribution in [1.82, 2.24) is 0 Å². The van der Waals surface area contributed by atoms with Crippen molar-refractivity contribution in [3.63, 3.8) is 0 Å². The number of ether oxygens (including phenoxy) is 1. The molecular weight excluding hydrogens is 140 g/mol. The van der Waals surface area contributed by atoms with E-state index >= 15 is 0 Å². The van der Waals surface area contributed by atoms with Crippen LogP contribution in [0.5, 0.6) is 0 Å². The Balaban J connectivity index is 2.30. The topological polar surface area (TPSA) is 29.5 Å². The van der Waals surface area contributed by atoms with Crippen LogP contribution < -0.4 is 0 Å². The lowest BCUT2D eigenvalue weighted by molar-refractivity contribution is -0.0268. The van der Waals surface area contributed by atoms with Gasteiger partial charge in [-0.3, -0.25) is 0 Å². The summed E-state index contributed by atoms with van der Waals surface area (Å²) in [5, 5.41) is 9.05. The quantitative estimate of drug-likeness (QED) is 0.573. The van der Waals surface area contributed by atoms with Crippen LogP contribution in [0.4, 0.5) is 0 Å². The van der Waals surface area contributed by atoms with Crippen molar-refractivity contribution < 1.29 is 9.84 Å². The molecule has 1 fully saturated rings. The molecule has 2 nitrogen and oxygen atoms in total. The summed E-state index contributed by atoms with van der Waals surface area (Å²) in [5.74, 6) is 0.289. The van der Waals surface area contributed by atoms with E-state index in [-0.39, 0.29) is 23.7 Å². The lowest BCUT2D eigenvalue weighted by Crippen LogP contribution is -2.30. The first-order chi connectivity index (χ1) is 5.08. The molecule has 0 aliphatic carbocycles. The van der Waals surface area contributed by atoms with Gasteiger partial charge in [-0.05, 0) is 20.3 Å². The van der Waals surface area contributed by atoms with Crippen molar-refractivity contribution >= 4 is 0 Å². The fraction of sp³-hybridized carbons (Fsp3) is 0.778. The van der Waals surface area contributed by atoms with Crippen LogP contribution in [-0.2, 0) is 4.74 Å². The van der Waals surface area contributed by atoms with Gasteiger partial charge in [0, 0.05) is 12.5 Å². The van der Waals surface area contributed by atoms with Crippen LogP contribution in [0.15, 0.2) is 12.2 Å². The Hall–Kier alpha value is -0.340. The fourth-order valence-corrected chi connectivity index (χ4v) is 2.18. The minimum absolute atomic E-state index is 0.0951. The monoisotopic (exact) mass is 154 g/mol. The van der Waals surface area contributed by atoms with E-state index in [1.54, 1.807) is 0 Å². The average Bonchev–Trinajstić information content (AvgIpc) is 2.36. The van der Waals surface area contributed by atoms with Crippen LogP contribution in [0.25, 0.3) is 0 Å². The van der Waals surface area contributed by atoms with Gasteiger partial charge in [0.15, 0.2) is 0 Å². The summed E-state index contributed by atoms with van der Waals surface area (Å²) in [7, 11) is 0. The molecule has 62 valence electrons. The Morgan fingerprint density at radius 3 is 2.55 bits per heavy atom. The molecule has 1 N–H and O–H groups in total. The molecule has 0 spiro atoms. The Labute approximate surface area is 66.9 Å². The fourth-order valence-electron chi connectivity index (χ4n) is 2.18. The minimum atomic E-state index is -0.191. The van der Waals surface area contributed by atoms with Gasteiger partial charge in [-0.1, -0.05) is 12.2 Å². The maximum atomic E-state index is 9.05. The molecule has 1 saturated heterocycles. The van der Waals surface area contributed by atoms with E-state index in [0.29, 0.717) is 0 Å². The Morgan fingerprint density at radius 2 is 2.27 bits per heavy atom. The molecule has 3 atom stereocenters. The van der Waals surface area contributed by atoms with E-state index in [2.05, 4.69) is 19.1 Å². The van der Waals surface area contributed by atoms with Crippen LogP contribution in [0.2, 0.25) is 0 Å². The highest BCUT2D eigenvalue weighted by molar-refractivity contribution is 5.23. The lowest BCUT2D eigenvalue weighted by Gasteiger charge is -2.23. The van der Waals surface area contributed by atoms with Gasteiger partial charge in [0.2, 0.25) is 0 Å². The highest BCUT2D eigenvalue weighted by atomic mass is 16.5. The van der Waals surface area contributed by atoms with E-state index in [1.165, 1.54) is 0 Å². The zero-order valence-corrected chi connectivity index (χ0v) is 7.00. The molecule has 0 unspecified atom stereocenters. The maximum absolute atomic E-state index is 9.05. The third-order valence-corrected chi connectivity index (χ3v) is 2.90. The molecule has 11 heavy (non-hydrogen) atoms. The number of aliphatic hydroxyl groups is 1. The first-order valence-electron chi connectivity index (χ1n) is 4.09. The Bertz CT molecular complexity index is 212. The molecule has 0 amide bonds. The highest BCUT2D eigenvalue weighted by Gasteiger charge is 2.52. The number of rotatable bonds is 1. The predicted molar refractivity (Wildman–Crippen MR) is 42.2 cm³/mol. The number of fused-ring (bicyclic) bond motifs is 2. The van der Waals surface area contributed by atoms with Gasteiger partial charge in [-0.2, -0.15) is 0 Å². The SMILES string of the molecule is C[C@@]12C=C[C@@](C)(O1)[C@H](CO)C2. The van der Waals surface area contributed by atoms with Crippen LogP contribution >= 0.6 is 0 Å². The van der Waals surface area contributed by atoms with Crippen LogP contribution in [0.1, 0.15) is 20.3 Å². The summed E-state index contributed by atoms with van der Waals surface area (Å²) >= 11 is 0. The second-order valence-electron chi connectivity index (χ2n) is 4.02. The van der Waals surface area contributed by atoms with Gasteiger partial charge in [0.25, 0.3) is 0 Å². The molecule has 2 bridgehead atoms. The zero-order valence-electron chi connectivity index (χ0n) is 7.00. The smallest absolute Gasteiger partial charge is 0.0898 e. The first-order valence-corrected chi connectivity index (χ1v) is 4.09. The Morgan fingerprint density at radius 1 is 1.55 bits per heavy atom. The van der Waals surface area contributed by atoms with Crippen molar-refractivity contribution in [2.24, 2.45) is 5.92 Å². The van der Waals surface area contributed by atoms with Crippen LogP contribution in [-0.4, -0.2) is 22.9 Å². The Kier molecular flexibility index (Phi) is 1.25. The van der Waals surface area contributed by atoms with Crippen molar-refractivity contribution in [2.45, 2.75) is 31.5 Å². The lowest BCUT2D eigenvalue weighted by atomic mass is 9.81. The van der Waals surface area contributed by atoms with Crippen LogP contribution in [0.3, 0.4) is 0 Å². The molecule has 0 aromatic carbocycles. The third kappa shape index (κ3) is 0.861. The summed E-state index contributed by atoms with van der Waals surface area (Å²) < 4.78 is 5.78. The predicted octanol–water partition coefficient (Wildman–Crippen LogP) is 1.10. The molecule has 0 radical (unpaired) electrons. The van der Waals surface area contributed by atoms with E-state index in [4.69, 9.17) is 9.84 Å². The highest BCUT2D eigenvalue weighted by Crippen LogP contribution is 2.48. The summed E-state index contributed by atoms with van der Waals surface area (Å²) in [4.78, 5) is 0. The molecule has 2 aliphatic rings. The molecule has 2 rings (SSSR count). The van der Waals surface area contributed by atoms with E-state index in [1.807, 2.05) is 6.92 Å². The van der Waals surface area contributed by atoms with Gasteiger partial charge >= 0.3 is 0 Å². The van der Waals surface area contributed by atoms with Crippen molar-refractivity contribution in [3.05, 3.63) is 12.2 Å². The van der Waals surface area contributed by atoms with Gasteiger partial charge < -0.3 is 9.84 Å². The number of hydrogen-bond acceptors (Lipinski definition) is 2. The van der Waals surface area contributed by atoms with Crippen molar-refractivity contribution in [1.29, 1.82) is 0 Å². The second kappa shape index (κ2) is 1.87. The number of hydrogen-bond donors (Lipinski definition) is 1. The van der Waals surface area contributed by atoms with Gasteiger partial charge in [-0.15, -0.1) is 0 Å². The molecule has 0 aromatic heterocycles.